The van der Waals surface area contributed by atoms with Gasteiger partial charge in [0, 0.05) is 45.9 Å². The molecular formula is C18H37IN4O3. The van der Waals surface area contributed by atoms with Crippen molar-refractivity contribution in [1.82, 2.24) is 15.5 Å². The minimum Gasteiger partial charge on any atom is -0.379 e. The average molecular weight is 484 g/mol. The Kier molecular flexibility index (Phi) is 14.6. The third-order valence-electron chi connectivity index (χ3n) is 4.44. The molecule has 0 radical (unpaired) electrons. The Morgan fingerprint density at radius 1 is 1.19 bits per heavy atom. The molecule has 2 aliphatic rings. The summed E-state index contributed by atoms with van der Waals surface area (Å²) in [5.41, 5.74) is 0. The Morgan fingerprint density at radius 2 is 2.04 bits per heavy atom. The van der Waals surface area contributed by atoms with Crippen LogP contribution in [0, 0.1) is 0 Å². The fourth-order valence-electron chi connectivity index (χ4n) is 3.02. The molecule has 8 heteroatoms. The number of guanidine groups is 1. The number of aliphatic imine (C=N–C) groups is 1. The number of ether oxygens (including phenoxy) is 3. The summed E-state index contributed by atoms with van der Waals surface area (Å²) in [5.74, 6) is 0.906. The molecule has 26 heavy (non-hydrogen) atoms. The van der Waals surface area contributed by atoms with Crippen molar-refractivity contribution in [3.8, 4) is 0 Å². The molecule has 7 nitrogen and oxygen atoms in total. The first-order valence-corrected chi connectivity index (χ1v) is 9.90. The molecule has 2 N–H and O–H groups in total. The first-order valence-electron chi connectivity index (χ1n) is 9.90. The van der Waals surface area contributed by atoms with Gasteiger partial charge in [0.2, 0.25) is 0 Å². The van der Waals surface area contributed by atoms with E-state index >= 15 is 0 Å². The molecule has 0 saturated carbocycles. The lowest BCUT2D eigenvalue weighted by Gasteiger charge is -2.26. The summed E-state index contributed by atoms with van der Waals surface area (Å²) < 4.78 is 16.6. The summed E-state index contributed by atoms with van der Waals surface area (Å²) >= 11 is 0. The second kappa shape index (κ2) is 15.9. The van der Waals surface area contributed by atoms with Gasteiger partial charge in [-0.3, -0.25) is 9.89 Å². The van der Waals surface area contributed by atoms with Crippen molar-refractivity contribution >= 4 is 29.9 Å². The van der Waals surface area contributed by atoms with Crippen LogP contribution in [0.25, 0.3) is 0 Å². The van der Waals surface area contributed by atoms with Crippen molar-refractivity contribution in [1.29, 1.82) is 0 Å². The Hall–Kier alpha value is -0.160. The van der Waals surface area contributed by atoms with Gasteiger partial charge in [-0.05, 0) is 39.2 Å². The molecule has 154 valence electrons. The van der Waals surface area contributed by atoms with E-state index in [0.717, 1.165) is 97.5 Å². The minimum absolute atomic E-state index is 0. The molecule has 1 unspecified atom stereocenters. The van der Waals surface area contributed by atoms with Crippen LogP contribution in [0.15, 0.2) is 4.99 Å². The standard InChI is InChI=1S/C18H36N4O3.HI/c1-2-19-18(20-7-4-9-22-10-14-23-15-11-22)21-8-5-12-24-16-17-6-3-13-25-17;/h17H,2-16H2,1H3,(H2,19,20,21);1H. The monoisotopic (exact) mass is 484 g/mol. The largest absolute Gasteiger partial charge is 0.379 e. The average Bonchev–Trinajstić information content (AvgIpc) is 3.16. The van der Waals surface area contributed by atoms with Gasteiger partial charge in [0.1, 0.15) is 0 Å². The number of morpholine rings is 1. The molecule has 0 bridgehead atoms. The van der Waals surface area contributed by atoms with Crippen molar-refractivity contribution in [2.75, 3.05) is 72.3 Å². The molecular weight excluding hydrogens is 447 g/mol. The van der Waals surface area contributed by atoms with Crippen molar-refractivity contribution < 1.29 is 14.2 Å². The van der Waals surface area contributed by atoms with Gasteiger partial charge in [-0.2, -0.15) is 0 Å². The van der Waals surface area contributed by atoms with Crippen molar-refractivity contribution in [3.05, 3.63) is 0 Å². The quantitative estimate of drug-likeness (QED) is 0.201. The van der Waals surface area contributed by atoms with Crippen LogP contribution in [0.5, 0.6) is 0 Å². The van der Waals surface area contributed by atoms with Gasteiger partial charge in [0.05, 0.1) is 25.9 Å². The van der Waals surface area contributed by atoms with Gasteiger partial charge in [0.15, 0.2) is 5.96 Å². The highest BCUT2D eigenvalue weighted by Gasteiger charge is 2.14. The number of hydrogen-bond acceptors (Lipinski definition) is 5. The van der Waals surface area contributed by atoms with Crippen LogP contribution in [-0.2, 0) is 14.2 Å². The number of nitrogens with zero attached hydrogens (tertiary/aromatic N) is 2. The molecule has 1 atom stereocenters. The molecule has 0 aromatic heterocycles. The first-order chi connectivity index (χ1) is 12.4. The van der Waals surface area contributed by atoms with E-state index in [2.05, 4.69) is 27.4 Å². The number of halogens is 1. The zero-order chi connectivity index (χ0) is 17.6. The van der Waals surface area contributed by atoms with Crippen LogP contribution < -0.4 is 10.6 Å². The maximum Gasteiger partial charge on any atom is 0.191 e. The topological polar surface area (TPSA) is 67.4 Å². The predicted octanol–water partition coefficient (Wildman–Crippen LogP) is 1.47. The zero-order valence-corrected chi connectivity index (χ0v) is 18.5. The highest BCUT2D eigenvalue weighted by molar-refractivity contribution is 14.0. The second-order valence-electron chi connectivity index (χ2n) is 6.56. The molecule has 0 amide bonds. The highest BCUT2D eigenvalue weighted by atomic mass is 127. The molecule has 2 heterocycles. The van der Waals surface area contributed by atoms with E-state index in [-0.39, 0.29) is 24.0 Å². The normalized spacial score (nSPS) is 21.4. The van der Waals surface area contributed by atoms with E-state index in [0.29, 0.717) is 6.10 Å². The van der Waals surface area contributed by atoms with Gasteiger partial charge >= 0.3 is 0 Å². The van der Waals surface area contributed by atoms with E-state index in [1.807, 2.05) is 0 Å². The van der Waals surface area contributed by atoms with E-state index < -0.39 is 0 Å². The van der Waals surface area contributed by atoms with Crippen LogP contribution >= 0.6 is 24.0 Å². The maximum atomic E-state index is 5.67. The van der Waals surface area contributed by atoms with E-state index in [4.69, 9.17) is 14.2 Å². The van der Waals surface area contributed by atoms with E-state index in [9.17, 15) is 0 Å². The van der Waals surface area contributed by atoms with Gasteiger partial charge < -0.3 is 24.8 Å². The fourth-order valence-corrected chi connectivity index (χ4v) is 3.02. The van der Waals surface area contributed by atoms with Crippen molar-refractivity contribution in [2.45, 2.75) is 38.7 Å². The molecule has 0 aromatic rings. The van der Waals surface area contributed by atoms with Crippen LogP contribution in [0.3, 0.4) is 0 Å². The molecule has 0 spiro atoms. The van der Waals surface area contributed by atoms with E-state index in [1.165, 1.54) is 6.42 Å². The van der Waals surface area contributed by atoms with Crippen molar-refractivity contribution in [2.24, 2.45) is 4.99 Å². The minimum atomic E-state index is 0. The lowest BCUT2D eigenvalue weighted by Crippen LogP contribution is -2.40. The maximum absolute atomic E-state index is 5.67. The molecule has 2 aliphatic heterocycles. The van der Waals surface area contributed by atoms with Crippen LogP contribution in [0.2, 0.25) is 0 Å². The number of hydrogen-bond donors (Lipinski definition) is 2. The molecule has 2 rings (SSSR count). The summed E-state index contributed by atoms with van der Waals surface area (Å²) in [4.78, 5) is 7.08. The van der Waals surface area contributed by atoms with Gasteiger partial charge in [0.25, 0.3) is 0 Å². The Labute approximate surface area is 175 Å². The summed E-state index contributed by atoms with van der Waals surface area (Å²) in [5, 5.41) is 6.72. The summed E-state index contributed by atoms with van der Waals surface area (Å²) in [6.07, 6.45) is 4.68. The number of rotatable bonds is 11. The summed E-state index contributed by atoms with van der Waals surface area (Å²) in [7, 11) is 0. The number of nitrogens with one attached hydrogen (secondary N) is 2. The van der Waals surface area contributed by atoms with Gasteiger partial charge in [-0.15, -0.1) is 24.0 Å². The first kappa shape index (κ1) is 23.9. The SMILES string of the molecule is CCNC(=NCCCOCC1CCCO1)NCCCN1CCOCC1.I. The van der Waals surface area contributed by atoms with E-state index in [1.54, 1.807) is 0 Å². The Morgan fingerprint density at radius 3 is 2.77 bits per heavy atom. The lowest BCUT2D eigenvalue weighted by atomic mass is 10.2. The Bertz CT molecular complexity index is 362. The molecule has 0 aromatic carbocycles. The molecule has 2 saturated heterocycles. The molecule has 0 aliphatic carbocycles. The summed E-state index contributed by atoms with van der Waals surface area (Å²) in [6.45, 7) is 12.0. The highest BCUT2D eigenvalue weighted by Crippen LogP contribution is 2.11. The Balaban J connectivity index is 0.00000338. The van der Waals surface area contributed by atoms with Crippen molar-refractivity contribution in [3.63, 3.8) is 0 Å². The van der Waals surface area contributed by atoms with Gasteiger partial charge in [-0.25, -0.2) is 0 Å². The van der Waals surface area contributed by atoms with Gasteiger partial charge in [-0.1, -0.05) is 0 Å². The third-order valence-corrected chi connectivity index (χ3v) is 4.44. The predicted molar refractivity (Wildman–Crippen MR) is 116 cm³/mol. The van der Waals surface area contributed by atoms with Crippen LogP contribution in [0.4, 0.5) is 0 Å². The summed E-state index contributed by atoms with van der Waals surface area (Å²) in [6, 6.07) is 0. The lowest BCUT2D eigenvalue weighted by molar-refractivity contribution is 0.0171. The smallest absolute Gasteiger partial charge is 0.191 e. The second-order valence-corrected chi connectivity index (χ2v) is 6.56. The molecule has 2 fully saturated rings. The van der Waals surface area contributed by atoms with Crippen LogP contribution in [-0.4, -0.2) is 89.3 Å². The fraction of sp³-hybridized carbons (Fsp3) is 0.944. The third kappa shape index (κ3) is 10.9. The van der Waals surface area contributed by atoms with Crippen LogP contribution in [0.1, 0.15) is 32.6 Å². The zero-order valence-electron chi connectivity index (χ0n) is 16.2.